The quantitative estimate of drug-likeness (QED) is 0.836. The van der Waals surface area contributed by atoms with E-state index in [4.69, 9.17) is 11.6 Å². The van der Waals surface area contributed by atoms with E-state index in [9.17, 15) is 4.39 Å². The molecule has 2 rings (SSSR count). The third kappa shape index (κ3) is 2.53. The summed E-state index contributed by atoms with van der Waals surface area (Å²) in [4.78, 5) is 0. The SMILES string of the molecule is CC(NCC1C(C)(C)C1(C)C)c1ccc(F)c(Cl)c1. The molecule has 1 N–H and O–H groups in total. The van der Waals surface area contributed by atoms with Crippen LogP contribution in [0.15, 0.2) is 18.2 Å². The highest BCUT2D eigenvalue weighted by atomic mass is 35.5. The Morgan fingerprint density at radius 1 is 1.26 bits per heavy atom. The van der Waals surface area contributed by atoms with Gasteiger partial charge < -0.3 is 5.32 Å². The Balaban J connectivity index is 1.96. The molecule has 1 aliphatic rings. The summed E-state index contributed by atoms with van der Waals surface area (Å²) in [6.07, 6.45) is 0. The van der Waals surface area contributed by atoms with Crippen LogP contribution >= 0.6 is 11.6 Å². The molecule has 1 aliphatic carbocycles. The van der Waals surface area contributed by atoms with Crippen molar-refractivity contribution < 1.29 is 4.39 Å². The molecule has 1 aromatic carbocycles. The summed E-state index contributed by atoms with van der Waals surface area (Å²) >= 11 is 5.82. The van der Waals surface area contributed by atoms with Crippen molar-refractivity contribution in [3.63, 3.8) is 0 Å². The average molecular weight is 284 g/mol. The highest BCUT2D eigenvalue weighted by Crippen LogP contribution is 2.68. The van der Waals surface area contributed by atoms with Crippen LogP contribution in [0.25, 0.3) is 0 Å². The minimum Gasteiger partial charge on any atom is -0.310 e. The van der Waals surface area contributed by atoms with Crippen LogP contribution in [0.1, 0.15) is 46.2 Å². The van der Waals surface area contributed by atoms with Crippen LogP contribution in [0.3, 0.4) is 0 Å². The Morgan fingerprint density at radius 2 is 1.84 bits per heavy atom. The Hall–Kier alpha value is -0.600. The second-order valence-electron chi connectivity index (χ2n) is 6.80. The maximum absolute atomic E-state index is 13.1. The van der Waals surface area contributed by atoms with Crippen LogP contribution in [0.4, 0.5) is 4.39 Å². The number of rotatable bonds is 4. The molecule has 19 heavy (non-hydrogen) atoms. The molecular weight excluding hydrogens is 261 g/mol. The van der Waals surface area contributed by atoms with E-state index in [1.54, 1.807) is 12.1 Å². The second-order valence-corrected chi connectivity index (χ2v) is 7.21. The lowest BCUT2D eigenvalue weighted by Crippen LogP contribution is -2.23. The van der Waals surface area contributed by atoms with Gasteiger partial charge >= 0.3 is 0 Å². The van der Waals surface area contributed by atoms with E-state index in [1.807, 2.05) is 0 Å². The molecule has 1 saturated carbocycles. The molecule has 0 radical (unpaired) electrons. The lowest BCUT2D eigenvalue weighted by Gasteiger charge is -2.15. The summed E-state index contributed by atoms with van der Waals surface area (Å²) in [6, 6.07) is 5.12. The Bertz CT molecular complexity index is 468. The zero-order chi connectivity index (χ0) is 14.4. The number of nitrogens with one attached hydrogen (secondary N) is 1. The van der Waals surface area contributed by atoms with Crippen LogP contribution in [0.5, 0.6) is 0 Å². The molecular formula is C16H23ClFN. The zero-order valence-corrected chi connectivity index (χ0v) is 13.1. The topological polar surface area (TPSA) is 12.0 Å². The first-order valence-corrected chi connectivity index (χ1v) is 7.24. The molecule has 3 heteroatoms. The van der Waals surface area contributed by atoms with E-state index in [0.717, 1.165) is 12.1 Å². The Kier molecular flexibility index (Phi) is 3.70. The van der Waals surface area contributed by atoms with Crippen molar-refractivity contribution in [3.05, 3.63) is 34.6 Å². The van der Waals surface area contributed by atoms with Gasteiger partial charge in [0.25, 0.3) is 0 Å². The van der Waals surface area contributed by atoms with Crippen LogP contribution in [0, 0.1) is 22.6 Å². The predicted molar refractivity (Wildman–Crippen MR) is 78.9 cm³/mol. The van der Waals surface area contributed by atoms with Gasteiger partial charge in [0.2, 0.25) is 0 Å². The van der Waals surface area contributed by atoms with E-state index in [0.29, 0.717) is 16.7 Å². The van der Waals surface area contributed by atoms with Crippen molar-refractivity contribution in [3.8, 4) is 0 Å². The fraction of sp³-hybridized carbons (Fsp3) is 0.625. The second kappa shape index (κ2) is 4.75. The van der Waals surface area contributed by atoms with Crippen molar-refractivity contribution in [1.82, 2.24) is 5.32 Å². The molecule has 0 amide bonds. The van der Waals surface area contributed by atoms with Gasteiger partial charge in [0.15, 0.2) is 0 Å². The van der Waals surface area contributed by atoms with Crippen LogP contribution in [0.2, 0.25) is 5.02 Å². The average Bonchev–Trinajstić information content (AvgIpc) is 2.70. The maximum atomic E-state index is 13.1. The number of hydrogen-bond acceptors (Lipinski definition) is 1. The first-order valence-electron chi connectivity index (χ1n) is 6.86. The van der Waals surface area contributed by atoms with Crippen LogP contribution < -0.4 is 5.32 Å². The van der Waals surface area contributed by atoms with Gasteiger partial charge in [-0.25, -0.2) is 4.39 Å². The van der Waals surface area contributed by atoms with E-state index in [2.05, 4.69) is 39.9 Å². The molecule has 0 spiro atoms. The van der Waals surface area contributed by atoms with Crippen LogP contribution in [-0.4, -0.2) is 6.54 Å². The number of benzene rings is 1. The molecule has 0 aromatic heterocycles. The molecule has 106 valence electrons. The van der Waals surface area contributed by atoms with Gasteiger partial charge in [-0.2, -0.15) is 0 Å². The smallest absolute Gasteiger partial charge is 0.141 e. The molecule has 0 bridgehead atoms. The third-order valence-electron chi connectivity index (χ3n) is 5.39. The van der Waals surface area contributed by atoms with Gasteiger partial charge in [-0.3, -0.25) is 0 Å². The Morgan fingerprint density at radius 3 is 2.32 bits per heavy atom. The van der Waals surface area contributed by atoms with Crippen molar-refractivity contribution in [2.75, 3.05) is 6.54 Å². The summed E-state index contributed by atoms with van der Waals surface area (Å²) in [5.41, 5.74) is 1.81. The number of halogens is 2. The normalized spacial score (nSPS) is 22.3. The summed E-state index contributed by atoms with van der Waals surface area (Å²) in [5.74, 6) is 0.320. The molecule has 1 aromatic rings. The molecule has 0 aliphatic heterocycles. The first kappa shape index (κ1) is 14.8. The summed E-state index contributed by atoms with van der Waals surface area (Å²) in [7, 11) is 0. The van der Waals surface area contributed by atoms with Gasteiger partial charge in [0.1, 0.15) is 5.82 Å². The highest BCUT2D eigenvalue weighted by Gasteiger charge is 2.63. The maximum Gasteiger partial charge on any atom is 0.141 e. The lowest BCUT2D eigenvalue weighted by molar-refractivity contribution is 0.457. The minimum atomic E-state index is -0.359. The Labute approximate surface area is 120 Å². The fourth-order valence-electron chi connectivity index (χ4n) is 3.04. The zero-order valence-electron chi connectivity index (χ0n) is 12.3. The molecule has 1 atom stereocenters. The van der Waals surface area contributed by atoms with Gasteiger partial charge in [0, 0.05) is 6.04 Å². The predicted octanol–water partition coefficient (Wildman–Crippen LogP) is 4.81. The minimum absolute atomic E-state index is 0.185. The van der Waals surface area contributed by atoms with Crippen molar-refractivity contribution >= 4 is 11.6 Å². The molecule has 1 unspecified atom stereocenters. The van der Waals surface area contributed by atoms with E-state index in [1.165, 1.54) is 6.07 Å². The summed E-state index contributed by atoms with van der Waals surface area (Å²) < 4.78 is 13.1. The van der Waals surface area contributed by atoms with E-state index >= 15 is 0 Å². The molecule has 1 nitrogen and oxygen atoms in total. The molecule has 0 saturated heterocycles. The van der Waals surface area contributed by atoms with Gasteiger partial charge in [-0.05, 0) is 47.9 Å². The van der Waals surface area contributed by atoms with Gasteiger partial charge in [0.05, 0.1) is 5.02 Å². The third-order valence-corrected chi connectivity index (χ3v) is 5.68. The van der Waals surface area contributed by atoms with Crippen molar-refractivity contribution in [2.45, 2.75) is 40.7 Å². The van der Waals surface area contributed by atoms with Crippen molar-refractivity contribution in [2.24, 2.45) is 16.7 Å². The molecule has 1 fully saturated rings. The van der Waals surface area contributed by atoms with Crippen molar-refractivity contribution in [1.29, 1.82) is 0 Å². The highest BCUT2D eigenvalue weighted by molar-refractivity contribution is 6.30. The fourth-order valence-corrected chi connectivity index (χ4v) is 3.23. The van der Waals surface area contributed by atoms with E-state index < -0.39 is 0 Å². The van der Waals surface area contributed by atoms with Gasteiger partial charge in [-0.15, -0.1) is 0 Å². The number of hydrogen-bond donors (Lipinski definition) is 1. The van der Waals surface area contributed by atoms with Crippen LogP contribution in [-0.2, 0) is 0 Å². The molecule has 0 heterocycles. The first-order chi connectivity index (χ1) is 8.68. The van der Waals surface area contributed by atoms with E-state index in [-0.39, 0.29) is 16.9 Å². The van der Waals surface area contributed by atoms with Gasteiger partial charge in [-0.1, -0.05) is 45.4 Å². The summed E-state index contributed by atoms with van der Waals surface area (Å²) in [5, 5.41) is 3.73. The largest absolute Gasteiger partial charge is 0.310 e. The monoisotopic (exact) mass is 283 g/mol. The standard InChI is InChI=1S/C16H23ClFN/c1-10(11-6-7-13(18)12(17)8-11)19-9-14-15(2,3)16(14,4)5/h6-8,10,14,19H,9H2,1-5H3. The lowest BCUT2D eigenvalue weighted by atomic mass is 10.0. The summed E-state index contributed by atoms with van der Waals surface area (Å²) in [6.45, 7) is 12.3.